The van der Waals surface area contributed by atoms with Crippen molar-refractivity contribution in [3.63, 3.8) is 0 Å². The van der Waals surface area contributed by atoms with Crippen LogP contribution < -0.4 is 5.73 Å². The van der Waals surface area contributed by atoms with E-state index in [2.05, 4.69) is 10.2 Å². The molecule has 72 valence electrons. The molecule has 4 nitrogen and oxygen atoms in total. The first-order valence-corrected chi connectivity index (χ1v) is 4.52. The SMILES string of the molecule is Cc1cc2c(nn1)C(C(N)=O)=CCC2. The van der Waals surface area contributed by atoms with Crippen molar-refractivity contribution in [2.24, 2.45) is 5.73 Å². The van der Waals surface area contributed by atoms with Crippen LogP contribution in [0.4, 0.5) is 0 Å². The number of fused-ring (bicyclic) bond motifs is 1. The second-order valence-corrected chi connectivity index (χ2v) is 3.38. The number of primary amides is 1. The summed E-state index contributed by atoms with van der Waals surface area (Å²) in [6.45, 7) is 1.88. The summed E-state index contributed by atoms with van der Waals surface area (Å²) in [6, 6.07) is 1.96. The summed E-state index contributed by atoms with van der Waals surface area (Å²) in [6.07, 6.45) is 3.58. The predicted octanol–water partition coefficient (Wildman–Crippen LogP) is 0.600. The quantitative estimate of drug-likeness (QED) is 0.703. The van der Waals surface area contributed by atoms with Gasteiger partial charge in [-0.1, -0.05) is 6.08 Å². The van der Waals surface area contributed by atoms with Crippen LogP contribution in [0.3, 0.4) is 0 Å². The van der Waals surface area contributed by atoms with E-state index in [9.17, 15) is 4.79 Å². The highest BCUT2D eigenvalue weighted by atomic mass is 16.1. The molecule has 0 fully saturated rings. The van der Waals surface area contributed by atoms with Gasteiger partial charge in [0.2, 0.25) is 0 Å². The number of aromatic nitrogens is 2. The summed E-state index contributed by atoms with van der Waals surface area (Å²) < 4.78 is 0. The minimum absolute atomic E-state index is 0.427. The van der Waals surface area contributed by atoms with Gasteiger partial charge in [0.25, 0.3) is 5.91 Å². The Labute approximate surface area is 81.8 Å². The molecule has 4 heteroatoms. The largest absolute Gasteiger partial charge is 0.366 e. The van der Waals surface area contributed by atoms with Crippen LogP contribution >= 0.6 is 0 Å². The van der Waals surface area contributed by atoms with Crippen molar-refractivity contribution in [2.45, 2.75) is 19.8 Å². The van der Waals surface area contributed by atoms with E-state index >= 15 is 0 Å². The molecule has 1 amide bonds. The number of nitrogens with zero attached hydrogens (tertiary/aromatic N) is 2. The van der Waals surface area contributed by atoms with Crippen molar-refractivity contribution in [1.29, 1.82) is 0 Å². The molecular weight excluding hydrogens is 178 g/mol. The molecular formula is C10H11N3O. The van der Waals surface area contributed by atoms with E-state index in [4.69, 9.17) is 5.73 Å². The highest BCUT2D eigenvalue weighted by Gasteiger charge is 2.18. The van der Waals surface area contributed by atoms with E-state index in [0.717, 1.165) is 24.1 Å². The second kappa shape index (κ2) is 3.21. The van der Waals surface area contributed by atoms with Crippen LogP contribution in [0.25, 0.3) is 5.57 Å². The minimum Gasteiger partial charge on any atom is -0.366 e. The van der Waals surface area contributed by atoms with Gasteiger partial charge in [0.15, 0.2) is 0 Å². The van der Waals surface area contributed by atoms with Gasteiger partial charge < -0.3 is 5.73 Å². The lowest BCUT2D eigenvalue weighted by Gasteiger charge is -2.13. The smallest absolute Gasteiger partial charge is 0.250 e. The van der Waals surface area contributed by atoms with Crippen molar-refractivity contribution in [3.8, 4) is 0 Å². The predicted molar refractivity (Wildman–Crippen MR) is 52.3 cm³/mol. The van der Waals surface area contributed by atoms with Gasteiger partial charge >= 0.3 is 0 Å². The Kier molecular flexibility index (Phi) is 2.04. The van der Waals surface area contributed by atoms with E-state index in [1.807, 2.05) is 19.1 Å². The summed E-state index contributed by atoms with van der Waals surface area (Å²) in [5.41, 5.74) is 8.33. The molecule has 0 radical (unpaired) electrons. The van der Waals surface area contributed by atoms with Crippen molar-refractivity contribution < 1.29 is 4.79 Å². The molecule has 0 aliphatic heterocycles. The highest BCUT2D eigenvalue weighted by Crippen LogP contribution is 2.23. The third-order valence-corrected chi connectivity index (χ3v) is 2.28. The van der Waals surface area contributed by atoms with E-state index in [0.29, 0.717) is 11.3 Å². The summed E-state index contributed by atoms with van der Waals surface area (Å²) in [7, 11) is 0. The number of carbonyl (C=O) groups is 1. The van der Waals surface area contributed by atoms with Crippen molar-refractivity contribution in [3.05, 3.63) is 29.1 Å². The Bertz CT molecular complexity index is 423. The minimum atomic E-state index is -0.427. The Morgan fingerprint density at radius 1 is 1.50 bits per heavy atom. The van der Waals surface area contributed by atoms with Crippen molar-refractivity contribution in [2.75, 3.05) is 0 Å². The Morgan fingerprint density at radius 3 is 3.00 bits per heavy atom. The molecule has 2 rings (SSSR count). The first-order chi connectivity index (χ1) is 6.68. The van der Waals surface area contributed by atoms with Gasteiger partial charge in [0.05, 0.1) is 11.3 Å². The van der Waals surface area contributed by atoms with E-state index in [-0.39, 0.29) is 0 Å². The van der Waals surface area contributed by atoms with Gasteiger partial charge in [-0.15, -0.1) is 5.10 Å². The van der Waals surface area contributed by atoms with Gasteiger partial charge in [0, 0.05) is 0 Å². The topological polar surface area (TPSA) is 68.9 Å². The van der Waals surface area contributed by atoms with Crippen LogP contribution in [-0.2, 0) is 11.2 Å². The van der Waals surface area contributed by atoms with Crippen molar-refractivity contribution in [1.82, 2.24) is 10.2 Å². The molecule has 14 heavy (non-hydrogen) atoms. The molecule has 1 aliphatic carbocycles. The monoisotopic (exact) mass is 189 g/mol. The van der Waals surface area contributed by atoms with E-state index < -0.39 is 5.91 Å². The lowest BCUT2D eigenvalue weighted by Crippen LogP contribution is -2.18. The lowest BCUT2D eigenvalue weighted by molar-refractivity contribution is -0.112. The summed E-state index contributed by atoms with van der Waals surface area (Å²) in [5, 5.41) is 7.93. The van der Waals surface area contributed by atoms with E-state index in [1.165, 1.54) is 0 Å². The molecule has 1 aromatic heterocycles. The normalized spacial score (nSPS) is 14.5. The molecule has 2 N–H and O–H groups in total. The van der Waals surface area contributed by atoms with Crippen LogP contribution in [0, 0.1) is 6.92 Å². The average molecular weight is 189 g/mol. The zero-order valence-corrected chi connectivity index (χ0v) is 7.95. The van der Waals surface area contributed by atoms with Crippen molar-refractivity contribution >= 4 is 11.5 Å². The number of hydrogen-bond donors (Lipinski definition) is 1. The van der Waals surface area contributed by atoms with Crippen LogP contribution in [0.5, 0.6) is 0 Å². The van der Waals surface area contributed by atoms with E-state index in [1.54, 1.807) is 0 Å². The fourth-order valence-corrected chi connectivity index (χ4v) is 1.65. The van der Waals surface area contributed by atoms with Gasteiger partial charge in [-0.2, -0.15) is 5.10 Å². The third kappa shape index (κ3) is 1.39. The number of carbonyl (C=O) groups excluding carboxylic acids is 1. The molecule has 0 unspecified atom stereocenters. The first kappa shape index (κ1) is 8.87. The maximum Gasteiger partial charge on any atom is 0.250 e. The van der Waals surface area contributed by atoms with Gasteiger partial charge in [-0.05, 0) is 31.4 Å². The molecule has 0 atom stereocenters. The Balaban J connectivity index is 2.54. The number of nitrogens with two attached hydrogens (primary N) is 1. The maximum atomic E-state index is 11.1. The summed E-state index contributed by atoms with van der Waals surface area (Å²) >= 11 is 0. The van der Waals surface area contributed by atoms with Crippen LogP contribution in [0.1, 0.15) is 23.4 Å². The first-order valence-electron chi connectivity index (χ1n) is 4.52. The number of allylic oxidation sites excluding steroid dienone is 1. The zero-order chi connectivity index (χ0) is 10.1. The highest BCUT2D eigenvalue weighted by molar-refractivity contribution is 6.18. The third-order valence-electron chi connectivity index (χ3n) is 2.28. The zero-order valence-electron chi connectivity index (χ0n) is 7.95. The standard InChI is InChI=1S/C10H11N3O/c1-6-5-7-3-2-4-8(10(11)14)9(7)13-12-6/h4-5H,2-3H2,1H3,(H2,11,14). The van der Waals surface area contributed by atoms with Crippen LogP contribution in [0.2, 0.25) is 0 Å². The molecule has 0 bridgehead atoms. The fraction of sp³-hybridized carbons (Fsp3) is 0.300. The fourth-order valence-electron chi connectivity index (χ4n) is 1.65. The molecule has 0 saturated carbocycles. The maximum absolute atomic E-state index is 11.1. The van der Waals surface area contributed by atoms with Crippen LogP contribution in [-0.4, -0.2) is 16.1 Å². The lowest BCUT2D eigenvalue weighted by atomic mass is 9.95. The second-order valence-electron chi connectivity index (χ2n) is 3.38. The Hall–Kier alpha value is -1.71. The molecule has 0 spiro atoms. The van der Waals surface area contributed by atoms with Gasteiger partial charge in [-0.3, -0.25) is 4.79 Å². The van der Waals surface area contributed by atoms with Gasteiger partial charge in [-0.25, -0.2) is 0 Å². The molecule has 0 saturated heterocycles. The van der Waals surface area contributed by atoms with Gasteiger partial charge in [0.1, 0.15) is 5.69 Å². The molecule has 1 aliphatic rings. The molecule has 1 heterocycles. The molecule has 0 aromatic carbocycles. The summed E-state index contributed by atoms with van der Waals surface area (Å²) in [5.74, 6) is -0.427. The number of amides is 1. The number of rotatable bonds is 1. The summed E-state index contributed by atoms with van der Waals surface area (Å²) in [4.78, 5) is 11.1. The average Bonchev–Trinajstić information content (AvgIpc) is 2.16. The Morgan fingerprint density at radius 2 is 2.29 bits per heavy atom. The number of aryl methyl sites for hydroxylation is 2. The van der Waals surface area contributed by atoms with Crippen LogP contribution in [0.15, 0.2) is 12.1 Å². The molecule has 1 aromatic rings. The number of hydrogen-bond acceptors (Lipinski definition) is 3.